The molecule has 1 atom stereocenters. The number of rotatable bonds is 6. The molecule has 2 heterocycles. The number of benzene rings is 2. The van der Waals surface area contributed by atoms with E-state index < -0.39 is 6.10 Å². The van der Waals surface area contributed by atoms with Crippen LogP contribution < -0.4 is 0 Å². The molecule has 1 amide bonds. The normalized spacial score (nSPS) is 18.7. The summed E-state index contributed by atoms with van der Waals surface area (Å²) in [5.41, 5.74) is 1.73. The van der Waals surface area contributed by atoms with Gasteiger partial charge in [-0.15, -0.1) is 0 Å². The van der Waals surface area contributed by atoms with Crippen molar-refractivity contribution in [2.24, 2.45) is 5.92 Å². The topological polar surface area (TPSA) is 60.9 Å². The number of piperidine rings is 2. The molecule has 1 N–H and O–H groups in total. The van der Waals surface area contributed by atoms with E-state index in [9.17, 15) is 14.7 Å². The van der Waals surface area contributed by atoms with Gasteiger partial charge in [-0.1, -0.05) is 46.9 Å². The first-order chi connectivity index (χ1) is 16.8. The molecular weight excluding hydrogens is 507 g/mol. The van der Waals surface area contributed by atoms with Crippen molar-refractivity contribution in [3.8, 4) is 0 Å². The molecule has 8 heteroatoms. The molecule has 4 rings (SSSR count). The molecule has 0 spiro atoms. The Morgan fingerprint density at radius 3 is 2.17 bits per heavy atom. The molecule has 1 unspecified atom stereocenters. The fraction of sp³-hybridized carbons (Fsp3) is 0.407. The number of carbonyl (C=O) groups is 2. The van der Waals surface area contributed by atoms with Gasteiger partial charge in [0.25, 0.3) is 5.91 Å². The first-order valence-corrected chi connectivity index (χ1v) is 13.1. The molecule has 2 fully saturated rings. The number of nitrogens with zero attached hydrogens (tertiary/aromatic N) is 2. The number of hydrogen-bond donors (Lipinski definition) is 1. The van der Waals surface area contributed by atoms with Gasteiger partial charge in [0.2, 0.25) is 0 Å². The van der Waals surface area contributed by atoms with Gasteiger partial charge in [-0.05, 0) is 73.4 Å². The van der Waals surface area contributed by atoms with Gasteiger partial charge < -0.3 is 14.9 Å². The van der Waals surface area contributed by atoms with E-state index in [1.807, 2.05) is 17.0 Å². The number of amides is 1. The van der Waals surface area contributed by atoms with E-state index in [1.54, 1.807) is 29.3 Å². The van der Waals surface area contributed by atoms with E-state index in [2.05, 4.69) is 12.1 Å². The highest BCUT2D eigenvalue weighted by atomic mass is 35.5. The molecule has 2 saturated heterocycles. The number of carbonyl (C=O) groups excluding carboxylic acids is 2. The zero-order valence-electron chi connectivity index (χ0n) is 19.4. The molecule has 2 aromatic carbocycles. The second-order valence-electron chi connectivity index (χ2n) is 9.28. The van der Waals surface area contributed by atoms with E-state index in [4.69, 9.17) is 34.8 Å². The molecule has 5 nitrogen and oxygen atoms in total. The lowest BCUT2D eigenvalue weighted by atomic mass is 9.87. The molecule has 0 bridgehead atoms. The summed E-state index contributed by atoms with van der Waals surface area (Å²) >= 11 is 17.9. The number of likely N-dealkylation sites (tertiary alicyclic amines) is 2. The predicted molar refractivity (Wildman–Crippen MR) is 140 cm³/mol. The molecule has 0 radical (unpaired) electrons. The van der Waals surface area contributed by atoms with Gasteiger partial charge >= 0.3 is 0 Å². The number of halogens is 3. The largest absolute Gasteiger partial charge is 0.383 e. The number of allylic oxidation sites excluding steroid dienone is 1. The summed E-state index contributed by atoms with van der Waals surface area (Å²) in [6.45, 7) is 2.67. The van der Waals surface area contributed by atoms with Crippen LogP contribution in [-0.4, -0.2) is 58.9 Å². The van der Waals surface area contributed by atoms with Crippen LogP contribution in [0.3, 0.4) is 0 Å². The fourth-order valence-corrected chi connectivity index (χ4v) is 5.28. The average Bonchev–Trinajstić information content (AvgIpc) is 2.89. The summed E-state index contributed by atoms with van der Waals surface area (Å²) in [7, 11) is 0. The lowest BCUT2D eigenvalue weighted by molar-refractivity contribution is -0.145. The Morgan fingerprint density at radius 1 is 0.886 bits per heavy atom. The quantitative estimate of drug-likeness (QED) is 0.374. The summed E-state index contributed by atoms with van der Waals surface area (Å²) in [5, 5.41) is 12.3. The first kappa shape index (κ1) is 26.0. The van der Waals surface area contributed by atoms with Crippen LogP contribution >= 0.6 is 34.8 Å². The van der Waals surface area contributed by atoms with Gasteiger partial charge in [-0.3, -0.25) is 9.59 Å². The Morgan fingerprint density at radius 2 is 1.54 bits per heavy atom. The van der Waals surface area contributed by atoms with Crippen LogP contribution in [0, 0.1) is 5.92 Å². The predicted octanol–water partition coefficient (Wildman–Crippen LogP) is 5.82. The van der Waals surface area contributed by atoms with Crippen LogP contribution in [0.15, 0.2) is 54.7 Å². The maximum Gasteiger partial charge on any atom is 0.251 e. The molecule has 2 aromatic rings. The third-order valence-corrected chi connectivity index (χ3v) is 8.05. The maximum absolute atomic E-state index is 13.0. The minimum Gasteiger partial charge on any atom is -0.383 e. The third-order valence-electron chi connectivity index (χ3n) is 7.06. The Hall–Kier alpha value is -2.05. The van der Waals surface area contributed by atoms with Crippen molar-refractivity contribution in [3.05, 3.63) is 80.9 Å². The van der Waals surface area contributed by atoms with Gasteiger partial charge in [0.15, 0.2) is 5.78 Å². The van der Waals surface area contributed by atoms with E-state index in [-0.39, 0.29) is 17.6 Å². The van der Waals surface area contributed by atoms with Crippen LogP contribution in [0.1, 0.15) is 47.5 Å². The summed E-state index contributed by atoms with van der Waals surface area (Å²) in [6, 6.07) is 12.7. The Bertz CT molecular complexity index is 1070. The Kier molecular flexibility index (Phi) is 8.77. The highest BCUT2D eigenvalue weighted by molar-refractivity contribution is 6.42. The molecule has 0 aromatic heterocycles. The lowest BCUT2D eigenvalue weighted by Crippen LogP contribution is -2.48. The maximum atomic E-state index is 13.0. The monoisotopic (exact) mass is 534 g/mol. The highest BCUT2D eigenvalue weighted by Gasteiger charge is 2.34. The van der Waals surface area contributed by atoms with Crippen molar-refractivity contribution >= 4 is 46.5 Å². The number of ketones is 1. The second-order valence-corrected chi connectivity index (χ2v) is 10.5. The van der Waals surface area contributed by atoms with Crippen molar-refractivity contribution in [3.63, 3.8) is 0 Å². The van der Waals surface area contributed by atoms with Gasteiger partial charge in [0.1, 0.15) is 6.10 Å². The van der Waals surface area contributed by atoms with Crippen molar-refractivity contribution in [2.45, 2.75) is 37.7 Å². The van der Waals surface area contributed by atoms with Crippen molar-refractivity contribution < 1.29 is 14.7 Å². The van der Waals surface area contributed by atoms with E-state index >= 15 is 0 Å². The zero-order chi connectivity index (χ0) is 24.9. The van der Waals surface area contributed by atoms with Gasteiger partial charge in [-0.2, -0.15) is 0 Å². The highest BCUT2D eigenvalue weighted by Crippen LogP contribution is 2.30. The summed E-state index contributed by atoms with van der Waals surface area (Å²) in [5.74, 6) is 0.0215. The Labute approximate surface area is 221 Å². The van der Waals surface area contributed by atoms with Gasteiger partial charge in [0, 0.05) is 49.0 Å². The van der Waals surface area contributed by atoms with Gasteiger partial charge in [0.05, 0.1) is 10.0 Å². The minimum absolute atomic E-state index is 0.0769. The second kappa shape index (κ2) is 11.8. The molecule has 186 valence electrons. The zero-order valence-corrected chi connectivity index (χ0v) is 21.6. The van der Waals surface area contributed by atoms with Crippen LogP contribution in [0.4, 0.5) is 0 Å². The van der Waals surface area contributed by atoms with Crippen LogP contribution in [0.5, 0.6) is 0 Å². The van der Waals surface area contributed by atoms with Crippen molar-refractivity contribution in [1.29, 1.82) is 0 Å². The molecular formula is C27H29Cl3N2O3. The van der Waals surface area contributed by atoms with Crippen molar-refractivity contribution in [2.75, 3.05) is 26.2 Å². The van der Waals surface area contributed by atoms with Crippen LogP contribution in [0.25, 0.3) is 0 Å². The minimum atomic E-state index is -0.981. The van der Waals surface area contributed by atoms with E-state index in [1.165, 1.54) is 11.6 Å². The summed E-state index contributed by atoms with van der Waals surface area (Å²) in [4.78, 5) is 29.2. The van der Waals surface area contributed by atoms with E-state index in [0.717, 1.165) is 17.9 Å². The van der Waals surface area contributed by atoms with Gasteiger partial charge in [-0.25, -0.2) is 0 Å². The number of aliphatic hydroxyl groups is 1. The van der Waals surface area contributed by atoms with Crippen molar-refractivity contribution in [1.82, 2.24) is 9.80 Å². The molecule has 35 heavy (non-hydrogen) atoms. The molecule has 2 aliphatic heterocycles. The number of aliphatic hydroxyl groups excluding tert-OH is 1. The molecule has 2 aliphatic rings. The summed E-state index contributed by atoms with van der Waals surface area (Å²) < 4.78 is 0. The van der Waals surface area contributed by atoms with Crippen LogP contribution in [0.2, 0.25) is 15.1 Å². The third kappa shape index (κ3) is 6.59. The SMILES string of the molecule is O=C(C=CN1CCC(C(O)C(=O)N2CCC(c3ccc(Cl)cc3)CC2)CC1)c1ccc(Cl)c(Cl)c1. The summed E-state index contributed by atoms with van der Waals surface area (Å²) in [6.07, 6.45) is 5.47. The lowest BCUT2D eigenvalue weighted by Gasteiger charge is -2.37. The molecule has 0 saturated carbocycles. The standard InChI is InChI=1S/C27H29Cl3N2O3/c28-22-4-1-18(2-5-22)19-9-15-32(16-10-19)27(35)26(34)20-7-12-31(13-8-20)14-11-25(33)21-3-6-23(29)24(30)17-21/h1-6,11,14,17,19-20,26,34H,7-10,12-13,15-16H2. The Balaban J connectivity index is 1.23. The smallest absolute Gasteiger partial charge is 0.251 e. The fourth-order valence-electron chi connectivity index (χ4n) is 4.86. The number of hydrogen-bond acceptors (Lipinski definition) is 4. The van der Waals surface area contributed by atoms with Crippen LogP contribution in [-0.2, 0) is 4.79 Å². The molecule has 0 aliphatic carbocycles. The van der Waals surface area contributed by atoms with E-state index in [0.29, 0.717) is 60.5 Å². The first-order valence-electron chi connectivity index (χ1n) is 12.0. The average molecular weight is 536 g/mol.